The molecule has 0 aliphatic rings. The Kier molecular flexibility index (Phi) is 3.61. The Morgan fingerprint density at radius 1 is 0.895 bits per heavy atom. The van der Waals surface area contributed by atoms with Crippen molar-refractivity contribution >= 4 is 11.9 Å². The van der Waals surface area contributed by atoms with E-state index in [1.54, 1.807) is 42.5 Å². The Balaban J connectivity index is 2.66. The summed E-state index contributed by atoms with van der Waals surface area (Å²) in [6, 6.07) is 13.3. The highest BCUT2D eigenvalue weighted by Gasteiger charge is 2.17. The maximum Gasteiger partial charge on any atom is 0.338 e. The molecule has 0 unspecified atom stereocenters. The average molecular weight is 256 g/mol. The molecule has 0 saturated carbocycles. The number of carboxylic acid groups (broad SMARTS) is 1. The second kappa shape index (κ2) is 5.35. The SMILES string of the molecule is COC(=O)c1ccccc1-c1ccccc1C(=O)O. The molecule has 0 bridgehead atoms. The van der Waals surface area contributed by atoms with E-state index < -0.39 is 11.9 Å². The summed E-state index contributed by atoms with van der Waals surface area (Å²) in [6.45, 7) is 0. The molecular formula is C15H12O4. The quantitative estimate of drug-likeness (QED) is 0.858. The fourth-order valence-electron chi connectivity index (χ4n) is 1.91. The minimum Gasteiger partial charge on any atom is -0.478 e. The van der Waals surface area contributed by atoms with E-state index >= 15 is 0 Å². The van der Waals surface area contributed by atoms with Gasteiger partial charge in [-0.1, -0.05) is 36.4 Å². The molecular weight excluding hydrogens is 244 g/mol. The second-order valence-electron chi connectivity index (χ2n) is 3.89. The van der Waals surface area contributed by atoms with Crippen LogP contribution in [0.15, 0.2) is 48.5 Å². The first kappa shape index (κ1) is 12.8. The summed E-state index contributed by atoms with van der Waals surface area (Å²) in [7, 11) is 1.29. The molecule has 0 atom stereocenters. The maximum absolute atomic E-state index is 11.7. The van der Waals surface area contributed by atoms with Crippen molar-refractivity contribution in [2.75, 3.05) is 7.11 Å². The molecule has 0 fully saturated rings. The molecule has 0 aromatic heterocycles. The molecule has 0 amide bonds. The molecule has 96 valence electrons. The molecule has 0 spiro atoms. The van der Waals surface area contributed by atoms with E-state index in [0.717, 1.165) is 0 Å². The second-order valence-corrected chi connectivity index (χ2v) is 3.89. The Bertz CT molecular complexity index is 632. The molecule has 0 aliphatic carbocycles. The molecule has 0 saturated heterocycles. The number of esters is 1. The zero-order valence-corrected chi connectivity index (χ0v) is 10.3. The lowest BCUT2D eigenvalue weighted by molar-refractivity contribution is 0.0600. The van der Waals surface area contributed by atoms with Gasteiger partial charge in [-0.2, -0.15) is 0 Å². The molecule has 1 N–H and O–H groups in total. The van der Waals surface area contributed by atoms with Crippen molar-refractivity contribution in [3.05, 3.63) is 59.7 Å². The number of carbonyl (C=O) groups is 2. The Labute approximate surface area is 110 Å². The molecule has 2 rings (SSSR count). The van der Waals surface area contributed by atoms with E-state index in [9.17, 15) is 14.7 Å². The summed E-state index contributed by atoms with van der Waals surface area (Å²) in [4.78, 5) is 22.9. The Morgan fingerprint density at radius 2 is 1.37 bits per heavy atom. The van der Waals surface area contributed by atoms with Crippen LogP contribution in [0, 0.1) is 0 Å². The Hall–Kier alpha value is -2.62. The van der Waals surface area contributed by atoms with E-state index in [2.05, 4.69) is 0 Å². The highest BCUT2D eigenvalue weighted by molar-refractivity contribution is 6.02. The summed E-state index contributed by atoms with van der Waals surface area (Å²) in [5.41, 5.74) is 1.54. The molecule has 2 aromatic carbocycles. The number of rotatable bonds is 3. The van der Waals surface area contributed by atoms with Crippen LogP contribution >= 0.6 is 0 Å². The number of benzene rings is 2. The van der Waals surface area contributed by atoms with Crippen LogP contribution in [0.4, 0.5) is 0 Å². The standard InChI is InChI=1S/C15H12O4/c1-19-15(18)13-9-5-3-7-11(13)10-6-2-4-8-12(10)14(16)17/h2-9H,1H3,(H,16,17). The number of aromatic carboxylic acids is 1. The van der Waals surface area contributed by atoms with Gasteiger partial charge in [0.05, 0.1) is 18.2 Å². The molecule has 0 heterocycles. The summed E-state index contributed by atoms with van der Waals surface area (Å²) in [6.07, 6.45) is 0. The van der Waals surface area contributed by atoms with Crippen LogP contribution in [0.25, 0.3) is 11.1 Å². The number of ether oxygens (including phenoxy) is 1. The van der Waals surface area contributed by atoms with E-state index in [0.29, 0.717) is 16.7 Å². The van der Waals surface area contributed by atoms with Crippen LogP contribution in [0.1, 0.15) is 20.7 Å². The highest BCUT2D eigenvalue weighted by atomic mass is 16.5. The maximum atomic E-state index is 11.7. The fraction of sp³-hybridized carbons (Fsp3) is 0.0667. The van der Waals surface area contributed by atoms with E-state index in [1.165, 1.54) is 13.2 Å². The van der Waals surface area contributed by atoms with Gasteiger partial charge in [0.2, 0.25) is 0 Å². The van der Waals surface area contributed by atoms with Gasteiger partial charge in [-0.3, -0.25) is 0 Å². The van der Waals surface area contributed by atoms with Crippen molar-refractivity contribution in [1.82, 2.24) is 0 Å². The van der Waals surface area contributed by atoms with Gasteiger partial charge in [-0.05, 0) is 23.3 Å². The van der Waals surface area contributed by atoms with Gasteiger partial charge in [-0.15, -0.1) is 0 Å². The van der Waals surface area contributed by atoms with Gasteiger partial charge >= 0.3 is 11.9 Å². The number of carboxylic acids is 1. The van der Waals surface area contributed by atoms with Gasteiger partial charge in [0.1, 0.15) is 0 Å². The highest BCUT2D eigenvalue weighted by Crippen LogP contribution is 2.27. The van der Waals surface area contributed by atoms with Crippen molar-refractivity contribution in [2.45, 2.75) is 0 Å². The molecule has 0 radical (unpaired) electrons. The van der Waals surface area contributed by atoms with E-state index in [1.807, 2.05) is 0 Å². The smallest absolute Gasteiger partial charge is 0.338 e. The van der Waals surface area contributed by atoms with Crippen molar-refractivity contribution in [2.24, 2.45) is 0 Å². The minimum absolute atomic E-state index is 0.152. The van der Waals surface area contributed by atoms with E-state index in [4.69, 9.17) is 4.74 Å². The van der Waals surface area contributed by atoms with E-state index in [-0.39, 0.29) is 5.56 Å². The van der Waals surface area contributed by atoms with Crippen LogP contribution < -0.4 is 0 Å². The number of hydrogen-bond donors (Lipinski definition) is 1. The van der Waals surface area contributed by atoms with Crippen LogP contribution in [0.5, 0.6) is 0 Å². The molecule has 2 aromatic rings. The fourth-order valence-corrected chi connectivity index (χ4v) is 1.91. The van der Waals surface area contributed by atoms with Crippen LogP contribution in [-0.4, -0.2) is 24.2 Å². The molecule has 0 aliphatic heterocycles. The first-order valence-electron chi connectivity index (χ1n) is 5.65. The lowest BCUT2D eigenvalue weighted by Crippen LogP contribution is -2.06. The lowest BCUT2D eigenvalue weighted by Gasteiger charge is -2.10. The van der Waals surface area contributed by atoms with Crippen molar-refractivity contribution in [3.63, 3.8) is 0 Å². The molecule has 4 nitrogen and oxygen atoms in total. The summed E-state index contributed by atoms with van der Waals surface area (Å²) in [5, 5.41) is 9.20. The predicted octanol–water partition coefficient (Wildman–Crippen LogP) is 2.84. The van der Waals surface area contributed by atoms with Gasteiger partial charge in [0.25, 0.3) is 0 Å². The number of methoxy groups -OCH3 is 1. The third-order valence-electron chi connectivity index (χ3n) is 2.78. The van der Waals surface area contributed by atoms with Gasteiger partial charge in [0, 0.05) is 0 Å². The van der Waals surface area contributed by atoms with Gasteiger partial charge in [0.15, 0.2) is 0 Å². The normalized spacial score (nSPS) is 9.95. The van der Waals surface area contributed by atoms with Crippen LogP contribution in [0.3, 0.4) is 0 Å². The lowest BCUT2D eigenvalue weighted by atomic mass is 9.95. The topological polar surface area (TPSA) is 63.6 Å². The molecule has 4 heteroatoms. The van der Waals surface area contributed by atoms with Gasteiger partial charge in [-0.25, -0.2) is 9.59 Å². The predicted molar refractivity (Wildman–Crippen MR) is 70.2 cm³/mol. The third kappa shape index (κ3) is 2.47. The van der Waals surface area contributed by atoms with Gasteiger partial charge < -0.3 is 9.84 Å². The summed E-state index contributed by atoms with van der Waals surface area (Å²) in [5.74, 6) is -1.52. The van der Waals surface area contributed by atoms with Crippen LogP contribution in [-0.2, 0) is 4.74 Å². The monoisotopic (exact) mass is 256 g/mol. The first-order valence-corrected chi connectivity index (χ1v) is 5.65. The summed E-state index contributed by atoms with van der Waals surface area (Å²) >= 11 is 0. The van der Waals surface area contributed by atoms with Crippen molar-refractivity contribution in [3.8, 4) is 11.1 Å². The number of hydrogen-bond acceptors (Lipinski definition) is 3. The minimum atomic E-state index is -1.03. The third-order valence-corrected chi connectivity index (χ3v) is 2.78. The largest absolute Gasteiger partial charge is 0.478 e. The zero-order chi connectivity index (χ0) is 13.8. The van der Waals surface area contributed by atoms with Crippen molar-refractivity contribution in [1.29, 1.82) is 0 Å². The van der Waals surface area contributed by atoms with Crippen LogP contribution in [0.2, 0.25) is 0 Å². The first-order chi connectivity index (χ1) is 9.15. The number of carbonyl (C=O) groups excluding carboxylic acids is 1. The molecule has 19 heavy (non-hydrogen) atoms. The average Bonchev–Trinajstić information content (AvgIpc) is 2.46. The zero-order valence-electron chi connectivity index (χ0n) is 10.3. The summed E-state index contributed by atoms with van der Waals surface area (Å²) < 4.78 is 4.71. The van der Waals surface area contributed by atoms with Crippen molar-refractivity contribution < 1.29 is 19.4 Å². The Morgan fingerprint density at radius 3 is 1.89 bits per heavy atom.